The zero-order valence-electron chi connectivity index (χ0n) is 13.2. The number of nitrogens with one attached hydrogen (secondary N) is 1. The van der Waals surface area contributed by atoms with Crippen LogP contribution in [-0.4, -0.2) is 26.7 Å². The number of nitrogens with zero attached hydrogens (tertiary/aromatic N) is 3. The smallest absolute Gasteiger partial charge is 0.189 e. The first-order chi connectivity index (χ1) is 11.1. The summed E-state index contributed by atoms with van der Waals surface area (Å²) in [5.74, 6) is 0.732. The summed E-state index contributed by atoms with van der Waals surface area (Å²) in [6.45, 7) is 4.22. The van der Waals surface area contributed by atoms with Gasteiger partial charge in [0.2, 0.25) is 0 Å². The van der Waals surface area contributed by atoms with E-state index in [-0.39, 0.29) is 6.04 Å². The van der Waals surface area contributed by atoms with Crippen LogP contribution in [0.5, 0.6) is 0 Å². The molecule has 1 aliphatic carbocycles. The van der Waals surface area contributed by atoms with E-state index in [1.807, 2.05) is 22.7 Å². The second-order valence-electron chi connectivity index (χ2n) is 6.27. The summed E-state index contributed by atoms with van der Waals surface area (Å²) in [5.41, 5.74) is 8.50. The zero-order valence-corrected chi connectivity index (χ0v) is 14.8. The van der Waals surface area contributed by atoms with E-state index in [1.54, 1.807) is 0 Å². The van der Waals surface area contributed by atoms with Gasteiger partial charge in [0.25, 0.3) is 0 Å². The highest BCUT2D eigenvalue weighted by Gasteiger charge is 2.46. The number of H-pyrrole nitrogens is 1. The lowest BCUT2D eigenvalue weighted by Gasteiger charge is -2.32. The van der Waals surface area contributed by atoms with Crippen molar-refractivity contribution in [3.05, 3.63) is 49.1 Å². The van der Waals surface area contributed by atoms with Crippen LogP contribution in [0.3, 0.4) is 0 Å². The molecule has 0 radical (unpaired) electrons. The van der Waals surface area contributed by atoms with Crippen molar-refractivity contribution >= 4 is 22.7 Å². The Hall–Kier alpha value is -1.57. The van der Waals surface area contributed by atoms with Crippen molar-refractivity contribution in [3.63, 3.8) is 0 Å². The monoisotopic (exact) mass is 345 g/mol. The molecule has 0 spiro atoms. The average Bonchev–Trinajstić information content (AvgIpc) is 3.23. The number of hydrogen-bond donors (Lipinski definition) is 2. The molecule has 0 saturated carbocycles. The summed E-state index contributed by atoms with van der Waals surface area (Å²) in [4.78, 5) is 4.17. The number of thiophene rings is 2. The highest BCUT2D eigenvalue weighted by Crippen LogP contribution is 2.49. The fourth-order valence-electron chi connectivity index (χ4n) is 3.77. The van der Waals surface area contributed by atoms with Crippen molar-refractivity contribution in [2.24, 2.45) is 5.73 Å². The lowest BCUT2D eigenvalue weighted by Crippen LogP contribution is -2.37. The van der Waals surface area contributed by atoms with E-state index < -0.39 is 5.41 Å². The fourth-order valence-corrected chi connectivity index (χ4v) is 5.84. The molecule has 5 nitrogen and oxygen atoms in total. The Balaban J connectivity index is 2.07. The second-order valence-corrected chi connectivity index (χ2v) is 8.62. The lowest BCUT2D eigenvalue weighted by molar-refractivity contribution is 0.478. The maximum absolute atomic E-state index is 6.28. The molecule has 0 amide bonds. The first-order valence-corrected chi connectivity index (χ1v) is 9.47. The summed E-state index contributed by atoms with van der Waals surface area (Å²) in [6.07, 6.45) is 2.91. The fraction of sp³-hybridized carbons (Fsp3) is 0.438. The third kappa shape index (κ3) is 2.26. The van der Waals surface area contributed by atoms with Crippen LogP contribution in [0.1, 0.15) is 44.9 Å². The van der Waals surface area contributed by atoms with Crippen molar-refractivity contribution in [1.29, 1.82) is 0 Å². The molecule has 0 aliphatic heterocycles. The number of fused-ring (bicyclic) bond motifs is 2. The molecule has 0 aromatic carbocycles. The minimum atomic E-state index is -0.396. The van der Waals surface area contributed by atoms with Gasteiger partial charge in [-0.25, -0.2) is 0 Å². The van der Waals surface area contributed by atoms with Crippen LogP contribution < -0.4 is 5.73 Å². The van der Waals surface area contributed by atoms with E-state index >= 15 is 0 Å². The molecule has 3 N–H and O–H groups in total. The summed E-state index contributed by atoms with van der Waals surface area (Å²) in [7, 11) is 0. The van der Waals surface area contributed by atoms with Crippen LogP contribution in [0.25, 0.3) is 0 Å². The van der Waals surface area contributed by atoms with Crippen LogP contribution in [-0.2, 0) is 18.3 Å². The van der Waals surface area contributed by atoms with Gasteiger partial charge in [-0.3, -0.25) is 0 Å². The molecule has 3 heterocycles. The molecule has 23 heavy (non-hydrogen) atoms. The number of tetrazole rings is 1. The van der Waals surface area contributed by atoms with E-state index in [9.17, 15) is 0 Å². The van der Waals surface area contributed by atoms with Gasteiger partial charge in [-0.15, -0.1) is 32.9 Å². The molecule has 0 bridgehead atoms. The van der Waals surface area contributed by atoms with Gasteiger partial charge in [-0.2, -0.15) is 5.21 Å². The Morgan fingerprint density at radius 3 is 2.91 bits per heavy atom. The minimum absolute atomic E-state index is 0.0346. The number of hydrogen-bond acceptors (Lipinski definition) is 6. The summed E-state index contributed by atoms with van der Waals surface area (Å²) >= 11 is 3.70. The number of aromatic nitrogens is 4. The molecule has 1 aliphatic rings. The third-order valence-corrected chi connectivity index (χ3v) is 6.62. The van der Waals surface area contributed by atoms with E-state index in [1.165, 1.54) is 25.8 Å². The van der Waals surface area contributed by atoms with Gasteiger partial charge >= 0.3 is 0 Å². The highest BCUT2D eigenvalue weighted by atomic mass is 32.1. The van der Waals surface area contributed by atoms with Gasteiger partial charge in [-0.1, -0.05) is 5.21 Å². The minimum Gasteiger partial charge on any atom is -0.328 e. The van der Waals surface area contributed by atoms with E-state index in [2.05, 4.69) is 52.0 Å². The van der Waals surface area contributed by atoms with Crippen molar-refractivity contribution < 1.29 is 0 Å². The van der Waals surface area contributed by atoms with Gasteiger partial charge in [-0.05, 0) is 61.7 Å². The zero-order chi connectivity index (χ0) is 16.0. The van der Waals surface area contributed by atoms with Crippen molar-refractivity contribution in [3.8, 4) is 0 Å². The quantitative estimate of drug-likeness (QED) is 0.765. The van der Waals surface area contributed by atoms with Crippen LogP contribution in [0.4, 0.5) is 0 Å². The maximum atomic E-state index is 6.28. The number of aromatic amines is 1. The molecule has 7 heteroatoms. The largest absolute Gasteiger partial charge is 0.328 e. The first-order valence-electron chi connectivity index (χ1n) is 7.77. The number of aryl methyl sites for hydroxylation is 3. The molecule has 0 fully saturated rings. The topological polar surface area (TPSA) is 80.5 Å². The van der Waals surface area contributed by atoms with Crippen molar-refractivity contribution in [1.82, 2.24) is 20.6 Å². The number of rotatable bonds is 3. The van der Waals surface area contributed by atoms with Crippen molar-refractivity contribution in [2.75, 3.05) is 0 Å². The Bertz CT molecular complexity index is 818. The Labute approximate surface area is 142 Å². The van der Waals surface area contributed by atoms with Gasteiger partial charge in [0.15, 0.2) is 5.82 Å². The summed E-state index contributed by atoms with van der Waals surface area (Å²) in [6, 6.07) is 4.55. The molecule has 0 saturated heterocycles. The van der Waals surface area contributed by atoms with Crippen LogP contribution in [0, 0.1) is 6.92 Å². The average molecular weight is 345 g/mol. The Morgan fingerprint density at radius 1 is 1.35 bits per heavy atom. The Kier molecular flexibility index (Phi) is 3.59. The Morgan fingerprint density at radius 2 is 2.17 bits per heavy atom. The summed E-state index contributed by atoms with van der Waals surface area (Å²) < 4.78 is 0. The second kappa shape index (κ2) is 5.51. The normalized spacial score (nSPS) is 21.5. The van der Waals surface area contributed by atoms with E-state index in [0.717, 1.165) is 25.1 Å². The maximum Gasteiger partial charge on any atom is 0.189 e. The molecular weight excluding hydrogens is 326 g/mol. The third-order valence-electron chi connectivity index (χ3n) is 4.53. The van der Waals surface area contributed by atoms with Gasteiger partial charge in [0.05, 0.1) is 5.41 Å². The van der Waals surface area contributed by atoms with Crippen molar-refractivity contribution in [2.45, 2.75) is 44.6 Å². The van der Waals surface area contributed by atoms with Gasteiger partial charge in [0, 0.05) is 20.7 Å². The molecular formula is C16H19N5S2. The SMILES string of the molecule is Cc1cc2c(s1)CCc1sccc1C2(C[C@@H](C)N)c1nn[nH]n1. The van der Waals surface area contributed by atoms with Crippen LogP contribution in [0.2, 0.25) is 0 Å². The van der Waals surface area contributed by atoms with Crippen LogP contribution in [0.15, 0.2) is 17.5 Å². The van der Waals surface area contributed by atoms with Gasteiger partial charge < -0.3 is 5.73 Å². The molecule has 120 valence electrons. The highest BCUT2D eigenvalue weighted by molar-refractivity contribution is 7.12. The van der Waals surface area contributed by atoms with Gasteiger partial charge in [0.1, 0.15) is 0 Å². The molecule has 1 unspecified atom stereocenters. The molecule has 4 rings (SSSR count). The van der Waals surface area contributed by atoms with Crippen LogP contribution >= 0.6 is 22.7 Å². The number of nitrogens with two attached hydrogens (primary N) is 1. The van der Waals surface area contributed by atoms with E-state index in [4.69, 9.17) is 5.73 Å². The first kappa shape index (κ1) is 15.0. The lowest BCUT2D eigenvalue weighted by atomic mass is 9.70. The predicted molar refractivity (Wildman–Crippen MR) is 93.1 cm³/mol. The predicted octanol–water partition coefficient (Wildman–Crippen LogP) is 2.80. The standard InChI is InChI=1S/C16H19N5S2/c1-9(17)8-16(15-18-20-21-19-15)11-5-6-22-13(11)3-4-14-12(16)7-10(2)23-14/h5-7,9H,3-4,8,17H2,1-2H3,(H,18,19,20,21)/t9-,16?/m1/s1. The molecule has 3 aromatic rings. The van der Waals surface area contributed by atoms with E-state index in [0.29, 0.717) is 0 Å². The molecule has 3 aromatic heterocycles. The molecule has 2 atom stereocenters. The summed E-state index contributed by atoms with van der Waals surface area (Å²) in [5, 5.41) is 17.5.